The van der Waals surface area contributed by atoms with Gasteiger partial charge in [0.1, 0.15) is 0 Å². The molecule has 0 saturated carbocycles. The first-order valence-corrected chi connectivity index (χ1v) is 8.98. The summed E-state index contributed by atoms with van der Waals surface area (Å²) in [6.07, 6.45) is 1.94. The molecule has 110 valence electrons. The summed E-state index contributed by atoms with van der Waals surface area (Å²) in [5.74, 6) is 0. The number of hydrogen-bond acceptors (Lipinski definition) is 5. The van der Waals surface area contributed by atoms with Crippen molar-refractivity contribution in [2.24, 2.45) is 0 Å². The number of thiophene rings is 1. The summed E-state index contributed by atoms with van der Waals surface area (Å²) in [6, 6.07) is 8.94. The molecule has 2 aromatic heterocycles. The number of aryl methyl sites for hydroxylation is 1. The first-order chi connectivity index (χ1) is 10.3. The second-order valence-corrected chi connectivity index (χ2v) is 6.71. The number of nitrogens with one attached hydrogen (secondary N) is 1. The number of benzene rings is 1. The zero-order valence-corrected chi connectivity index (χ0v) is 13.9. The van der Waals surface area contributed by atoms with Gasteiger partial charge in [-0.1, -0.05) is 36.5 Å². The fraction of sp³-hybridized carbons (Fsp3) is 0.375. The third-order valence-electron chi connectivity index (χ3n) is 3.67. The quantitative estimate of drug-likeness (QED) is 0.740. The van der Waals surface area contributed by atoms with Gasteiger partial charge in [0, 0.05) is 10.7 Å². The summed E-state index contributed by atoms with van der Waals surface area (Å²) in [7, 11) is 0. The maximum Gasteiger partial charge on any atom is 0.0801 e. The Kier molecular flexibility index (Phi) is 4.63. The molecule has 0 aliphatic rings. The van der Waals surface area contributed by atoms with E-state index in [-0.39, 0.29) is 0 Å². The summed E-state index contributed by atoms with van der Waals surface area (Å²) in [5.41, 5.74) is 2.54. The molecule has 0 spiro atoms. The second kappa shape index (κ2) is 6.64. The van der Waals surface area contributed by atoms with Crippen molar-refractivity contribution in [1.82, 2.24) is 14.9 Å². The Morgan fingerprint density at radius 2 is 2.10 bits per heavy atom. The predicted molar refractivity (Wildman–Crippen MR) is 91.2 cm³/mol. The van der Waals surface area contributed by atoms with Crippen LogP contribution in [0.2, 0.25) is 0 Å². The van der Waals surface area contributed by atoms with Gasteiger partial charge in [0.25, 0.3) is 0 Å². The lowest BCUT2D eigenvalue weighted by atomic mass is 10.0. The van der Waals surface area contributed by atoms with E-state index < -0.39 is 0 Å². The summed E-state index contributed by atoms with van der Waals surface area (Å²) in [5, 5.41) is 11.5. The number of fused-ring (bicyclic) bond motifs is 1. The third-order valence-corrected chi connectivity index (χ3v) is 5.56. The minimum atomic E-state index is 0.308. The molecule has 1 atom stereocenters. The number of aromatic nitrogens is 2. The van der Waals surface area contributed by atoms with Crippen molar-refractivity contribution in [2.45, 2.75) is 32.7 Å². The maximum atomic E-state index is 4.26. The smallest absolute Gasteiger partial charge is 0.0801 e. The van der Waals surface area contributed by atoms with E-state index in [0.717, 1.165) is 25.1 Å². The molecular weight excluding hydrogens is 298 g/mol. The molecule has 3 rings (SSSR count). The van der Waals surface area contributed by atoms with Crippen molar-refractivity contribution in [3.63, 3.8) is 0 Å². The van der Waals surface area contributed by atoms with E-state index in [1.165, 1.54) is 32.1 Å². The van der Waals surface area contributed by atoms with Gasteiger partial charge in [0.15, 0.2) is 0 Å². The van der Waals surface area contributed by atoms with Gasteiger partial charge in [-0.15, -0.1) is 16.4 Å². The van der Waals surface area contributed by atoms with E-state index in [4.69, 9.17) is 0 Å². The van der Waals surface area contributed by atoms with E-state index in [1.807, 2.05) is 11.3 Å². The highest BCUT2D eigenvalue weighted by molar-refractivity contribution is 7.17. The lowest BCUT2D eigenvalue weighted by molar-refractivity contribution is 0.555. The largest absolute Gasteiger partial charge is 0.309 e. The number of likely N-dealkylation sites (N-methyl/N-ethyl adjacent to an activating group) is 1. The van der Waals surface area contributed by atoms with Crippen LogP contribution < -0.4 is 5.32 Å². The lowest BCUT2D eigenvalue weighted by Gasteiger charge is -2.16. The van der Waals surface area contributed by atoms with Gasteiger partial charge < -0.3 is 5.32 Å². The van der Waals surface area contributed by atoms with Crippen LogP contribution in [0.1, 0.15) is 36.0 Å². The molecular formula is C16H19N3S2. The van der Waals surface area contributed by atoms with Crippen molar-refractivity contribution in [2.75, 3.05) is 6.54 Å². The first-order valence-electron chi connectivity index (χ1n) is 7.33. The van der Waals surface area contributed by atoms with Crippen LogP contribution in [0, 0.1) is 0 Å². The fourth-order valence-corrected chi connectivity index (χ4v) is 4.43. The first kappa shape index (κ1) is 14.6. The molecule has 0 radical (unpaired) electrons. The van der Waals surface area contributed by atoms with Crippen LogP contribution in [0.4, 0.5) is 0 Å². The molecule has 5 heteroatoms. The topological polar surface area (TPSA) is 37.8 Å². The number of hydrogen-bond donors (Lipinski definition) is 1. The summed E-state index contributed by atoms with van der Waals surface area (Å²) in [6.45, 7) is 5.25. The van der Waals surface area contributed by atoms with Gasteiger partial charge in [0.05, 0.1) is 10.6 Å². The molecule has 1 aromatic carbocycles. The molecule has 0 fully saturated rings. The van der Waals surface area contributed by atoms with E-state index in [9.17, 15) is 0 Å². The van der Waals surface area contributed by atoms with E-state index in [1.54, 1.807) is 0 Å². The van der Waals surface area contributed by atoms with Gasteiger partial charge in [-0.2, -0.15) is 0 Å². The molecule has 3 aromatic rings. The van der Waals surface area contributed by atoms with E-state index in [0.29, 0.717) is 6.04 Å². The predicted octanol–water partition coefficient (Wildman–Crippen LogP) is 4.21. The van der Waals surface area contributed by atoms with Crippen LogP contribution in [-0.4, -0.2) is 16.1 Å². The van der Waals surface area contributed by atoms with Crippen LogP contribution in [-0.2, 0) is 12.8 Å². The monoisotopic (exact) mass is 317 g/mol. The SMILES string of the molecule is CCNC(Cc1csc2ccccc12)c1snnc1CC. The van der Waals surface area contributed by atoms with Gasteiger partial charge in [-0.05, 0) is 53.3 Å². The van der Waals surface area contributed by atoms with Crippen LogP contribution in [0.5, 0.6) is 0 Å². The highest BCUT2D eigenvalue weighted by Crippen LogP contribution is 2.31. The van der Waals surface area contributed by atoms with Gasteiger partial charge >= 0.3 is 0 Å². The highest BCUT2D eigenvalue weighted by atomic mass is 32.1. The molecule has 0 bridgehead atoms. The minimum absolute atomic E-state index is 0.308. The zero-order chi connectivity index (χ0) is 14.7. The molecule has 0 aliphatic carbocycles. The molecule has 1 N–H and O–H groups in total. The van der Waals surface area contributed by atoms with Crippen molar-refractivity contribution >= 4 is 33.0 Å². The average Bonchev–Trinajstić information content (AvgIpc) is 3.13. The van der Waals surface area contributed by atoms with Crippen LogP contribution in [0.3, 0.4) is 0 Å². The fourth-order valence-electron chi connectivity index (χ4n) is 2.64. The Bertz CT molecular complexity index is 717. The van der Waals surface area contributed by atoms with Crippen molar-refractivity contribution < 1.29 is 0 Å². The van der Waals surface area contributed by atoms with Crippen LogP contribution in [0.25, 0.3) is 10.1 Å². The second-order valence-electron chi connectivity index (χ2n) is 5.01. The highest BCUT2D eigenvalue weighted by Gasteiger charge is 2.19. The lowest BCUT2D eigenvalue weighted by Crippen LogP contribution is -2.23. The van der Waals surface area contributed by atoms with Crippen molar-refractivity contribution in [3.8, 4) is 0 Å². The third kappa shape index (κ3) is 3.00. The van der Waals surface area contributed by atoms with Crippen molar-refractivity contribution in [3.05, 3.63) is 45.8 Å². The normalized spacial score (nSPS) is 12.9. The Labute approximate surface area is 133 Å². The molecule has 0 aliphatic heterocycles. The molecule has 3 nitrogen and oxygen atoms in total. The van der Waals surface area contributed by atoms with Crippen LogP contribution in [0.15, 0.2) is 29.6 Å². The van der Waals surface area contributed by atoms with E-state index >= 15 is 0 Å². The standard InChI is InChI=1S/C16H19N3S2/c1-3-13-16(21-19-18-13)14(17-4-2)9-11-10-20-15-8-6-5-7-12(11)15/h5-8,10,14,17H,3-4,9H2,1-2H3. The molecule has 0 amide bonds. The van der Waals surface area contributed by atoms with Gasteiger partial charge in [0.2, 0.25) is 0 Å². The molecule has 21 heavy (non-hydrogen) atoms. The summed E-state index contributed by atoms with van der Waals surface area (Å²) in [4.78, 5) is 1.29. The van der Waals surface area contributed by atoms with Gasteiger partial charge in [-0.3, -0.25) is 0 Å². The van der Waals surface area contributed by atoms with E-state index in [2.05, 4.69) is 58.4 Å². The molecule has 2 heterocycles. The Balaban J connectivity index is 1.92. The Morgan fingerprint density at radius 3 is 2.90 bits per heavy atom. The Hall–Kier alpha value is -1.30. The average molecular weight is 317 g/mol. The zero-order valence-electron chi connectivity index (χ0n) is 12.3. The maximum absolute atomic E-state index is 4.26. The van der Waals surface area contributed by atoms with Crippen molar-refractivity contribution in [1.29, 1.82) is 0 Å². The number of nitrogens with zero attached hydrogens (tertiary/aromatic N) is 2. The van der Waals surface area contributed by atoms with Gasteiger partial charge in [-0.25, -0.2) is 0 Å². The molecule has 0 saturated heterocycles. The summed E-state index contributed by atoms with van der Waals surface area (Å²) < 4.78 is 5.50. The minimum Gasteiger partial charge on any atom is -0.309 e. The van der Waals surface area contributed by atoms with Crippen LogP contribution >= 0.6 is 22.9 Å². The summed E-state index contributed by atoms with van der Waals surface area (Å²) >= 11 is 3.35. The number of rotatable bonds is 6. The Morgan fingerprint density at radius 1 is 1.24 bits per heavy atom. The molecule has 1 unspecified atom stereocenters.